The summed E-state index contributed by atoms with van der Waals surface area (Å²) in [5.74, 6) is 0.0247. The fourth-order valence-corrected chi connectivity index (χ4v) is 4.64. The van der Waals surface area contributed by atoms with E-state index in [4.69, 9.17) is 0 Å². The number of aryl methyl sites for hydroxylation is 1. The molecule has 0 fully saturated rings. The first-order chi connectivity index (χ1) is 12.4. The molecule has 26 heavy (non-hydrogen) atoms. The summed E-state index contributed by atoms with van der Waals surface area (Å²) in [4.78, 5) is 5.04. The standard InChI is InChI=1S/C18H18FN3O2S2/c1-13-6-9-18(25-13)26(23,24)22-17-8-7-15(12-21-17)20-11-10-14-4-2-3-5-16(14)19/h2-9,12,20H,10-11H2,1H3,(H,21,22). The Bertz CT molecular complexity index is 986. The third-order valence-corrected chi connectivity index (χ3v) is 6.51. The Kier molecular flexibility index (Phi) is 5.53. The van der Waals surface area contributed by atoms with Gasteiger partial charge < -0.3 is 5.32 Å². The van der Waals surface area contributed by atoms with Crippen molar-refractivity contribution in [2.75, 3.05) is 16.6 Å². The smallest absolute Gasteiger partial charge is 0.272 e. The summed E-state index contributed by atoms with van der Waals surface area (Å²) in [6.45, 7) is 2.39. The molecule has 5 nitrogen and oxygen atoms in total. The second kappa shape index (κ2) is 7.84. The Labute approximate surface area is 156 Å². The van der Waals surface area contributed by atoms with Crippen molar-refractivity contribution in [2.24, 2.45) is 0 Å². The first-order valence-electron chi connectivity index (χ1n) is 7.97. The van der Waals surface area contributed by atoms with Crippen molar-refractivity contribution < 1.29 is 12.8 Å². The Balaban J connectivity index is 1.57. The number of hydrogen-bond acceptors (Lipinski definition) is 5. The van der Waals surface area contributed by atoms with E-state index in [1.165, 1.54) is 17.4 Å². The molecule has 3 rings (SSSR count). The van der Waals surface area contributed by atoms with Crippen LogP contribution in [0.1, 0.15) is 10.4 Å². The zero-order valence-corrected chi connectivity index (χ0v) is 15.7. The topological polar surface area (TPSA) is 71.1 Å². The van der Waals surface area contributed by atoms with Crippen LogP contribution in [0, 0.1) is 12.7 Å². The van der Waals surface area contributed by atoms with E-state index in [0.717, 1.165) is 10.6 Å². The van der Waals surface area contributed by atoms with Crippen molar-refractivity contribution in [1.82, 2.24) is 4.98 Å². The van der Waals surface area contributed by atoms with E-state index in [1.807, 2.05) is 6.92 Å². The quantitative estimate of drug-likeness (QED) is 0.637. The minimum Gasteiger partial charge on any atom is -0.383 e. The molecule has 0 atom stereocenters. The first kappa shape index (κ1) is 18.3. The molecule has 3 aromatic rings. The fraction of sp³-hybridized carbons (Fsp3) is 0.167. The van der Waals surface area contributed by atoms with Gasteiger partial charge >= 0.3 is 0 Å². The summed E-state index contributed by atoms with van der Waals surface area (Å²) >= 11 is 1.21. The van der Waals surface area contributed by atoms with Crippen LogP contribution in [0.25, 0.3) is 0 Å². The number of thiophene rings is 1. The van der Waals surface area contributed by atoms with Gasteiger partial charge in [-0.2, -0.15) is 0 Å². The van der Waals surface area contributed by atoms with E-state index in [9.17, 15) is 12.8 Å². The average Bonchev–Trinajstić information content (AvgIpc) is 3.05. The molecule has 0 spiro atoms. The molecule has 8 heteroatoms. The summed E-state index contributed by atoms with van der Waals surface area (Å²) in [6, 6.07) is 13.3. The van der Waals surface area contributed by atoms with Crippen molar-refractivity contribution in [1.29, 1.82) is 0 Å². The van der Waals surface area contributed by atoms with Crippen molar-refractivity contribution in [3.63, 3.8) is 0 Å². The van der Waals surface area contributed by atoms with E-state index >= 15 is 0 Å². The molecular formula is C18H18FN3O2S2. The van der Waals surface area contributed by atoms with Crippen LogP contribution in [0.2, 0.25) is 0 Å². The maximum Gasteiger partial charge on any atom is 0.272 e. The number of nitrogens with zero attached hydrogens (tertiary/aromatic N) is 1. The van der Waals surface area contributed by atoms with Gasteiger partial charge in [0.15, 0.2) is 0 Å². The van der Waals surface area contributed by atoms with Gasteiger partial charge in [-0.1, -0.05) is 18.2 Å². The number of pyridine rings is 1. The molecule has 0 amide bonds. The molecule has 0 aliphatic heterocycles. The van der Waals surface area contributed by atoms with Gasteiger partial charge in [-0.25, -0.2) is 17.8 Å². The van der Waals surface area contributed by atoms with Crippen LogP contribution < -0.4 is 10.0 Å². The lowest BCUT2D eigenvalue weighted by Crippen LogP contribution is -2.12. The third kappa shape index (κ3) is 4.59. The Hall–Kier alpha value is -2.45. The van der Waals surface area contributed by atoms with Crippen LogP contribution >= 0.6 is 11.3 Å². The van der Waals surface area contributed by atoms with Gasteiger partial charge in [0.05, 0.1) is 11.9 Å². The molecule has 2 aromatic heterocycles. The molecular weight excluding hydrogens is 373 g/mol. The molecule has 0 unspecified atom stereocenters. The average molecular weight is 391 g/mol. The SMILES string of the molecule is Cc1ccc(S(=O)(=O)Nc2ccc(NCCc3ccccc3F)cn2)s1. The van der Waals surface area contributed by atoms with E-state index < -0.39 is 10.0 Å². The molecule has 2 N–H and O–H groups in total. The third-order valence-electron chi connectivity index (χ3n) is 3.66. The maximum absolute atomic E-state index is 13.6. The van der Waals surface area contributed by atoms with Crippen LogP contribution in [0.15, 0.2) is 58.9 Å². The predicted octanol–water partition coefficient (Wildman–Crippen LogP) is 4.05. The van der Waals surface area contributed by atoms with Crippen molar-refractivity contribution in [3.05, 3.63) is 71.0 Å². The predicted molar refractivity (Wildman–Crippen MR) is 103 cm³/mol. The van der Waals surface area contributed by atoms with Gasteiger partial charge in [0, 0.05) is 11.4 Å². The summed E-state index contributed by atoms with van der Waals surface area (Å²) < 4.78 is 40.8. The minimum atomic E-state index is -3.62. The molecule has 0 aliphatic carbocycles. The maximum atomic E-state index is 13.6. The first-order valence-corrected chi connectivity index (χ1v) is 10.3. The van der Waals surface area contributed by atoms with Crippen LogP contribution in [-0.4, -0.2) is 19.9 Å². The van der Waals surface area contributed by atoms with Crippen molar-refractivity contribution >= 4 is 32.9 Å². The lowest BCUT2D eigenvalue weighted by Gasteiger charge is -2.09. The number of aromatic nitrogens is 1. The van der Waals surface area contributed by atoms with Gasteiger partial charge in [0.1, 0.15) is 15.8 Å². The van der Waals surface area contributed by atoms with Gasteiger partial charge in [-0.15, -0.1) is 11.3 Å². The Morgan fingerprint density at radius 2 is 1.92 bits per heavy atom. The van der Waals surface area contributed by atoms with Gasteiger partial charge in [-0.3, -0.25) is 4.72 Å². The minimum absolute atomic E-state index is 0.221. The molecule has 0 saturated heterocycles. The largest absolute Gasteiger partial charge is 0.383 e. The number of rotatable bonds is 7. The molecule has 136 valence electrons. The van der Waals surface area contributed by atoms with E-state index in [2.05, 4.69) is 15.0 Å². The van der Waals surface area contributed by atoms with E-state index in [-0.39, 0.29) is 15.8 Å². The number of benzene rings is 1. The normalized spacial score (nSPS) is 11.3. The summed E-state index contributed by atoms with van der Waals surface area (Å²) in [7, 11) is -3.62. The number of nitrogens with one attached hydrogen (secondary N) is 2. The molecule has 0 saturated carbocycles. The van der Waals surface area contributed by atoms with Crippen LogP contribution in [0.3, 0.4) is 0 Å². The highest BCUT2D eigenvalue weighted by Gasteiger charge is 2.16. The Morgan fingerprint density at radius 1 is 1.12 bits per heavy atom. The zero-order valence-electron chi connectivity index (χ0n) is 14.1. The van der Waals surface area contributed by atoms with E-state index in [0.29, 0.717) is 18.5 Å². The second-order valence-electron chi connectivity index (χ2n) is 5.67. The summed E-state index contributed by atoms with van der Waals surface area (Å²) in [5, 5.41) is 3.14. The van der Waals surface area contributed by atoms with E-state index in [1.54, 1.807) is 48.7 Å². The molecule has 2 heterocycles. The fourth-order valence-electron chi connectivity index (χ4n) is 2.35. The number of hydrogen-bond donors (Lipinski definition) is 2. The summed E-state index contributed by atoms with van der Waals surface area (Å²) in [5.41, 5.74) is 1.37. The van der Waals surface area contributed by atoms with Gasteiger partial charge in [-0.05, 0) is 49.2 Å². The lowest BCUT2D eigenvalue weighted by molar-refractivity contribution is 0.603. The highest BCUT2D eigenvalue weighted by Crippen LogP contribution is 2.23. The lowest BCUT2D eigenvalue weighted by atomic mass is 10.1. The van der Waals surface area contributed by atoms with Crippen LogP contribution in [-0.2, 0) is 16.4 Å². The van der Waals surface area contributed by atoms with Crippen molar-refractivity contribution in [2.45, 2.75) is 17.6 Å². The van der Waals surface area contributed by atoms with Gasteiger partial charge in [0.2, 0.25) is 0 Å². The molecule has 0 bridgehead atoms. The van der Waals surface area contributed by atoms with Crippen LogP contribution in [0.5, 0.6) is 0 Å². The highest BCUT2D eigenvalue weighted by atomic mass is 32.2. The monoisotopic (exact) mass is 391 g/mol. The highest BCUT2D eigenvalue weighted by molar-refractivity contribution is 7.94. The zero-order chi connectivity index (χ0) is 18.6. The van der Waals surface area contributed by atoms with Crippen LogP contribution in [0.4, 0.5) is 15.9 Å². The number of anilines is 2. The second-order valence-corrected chi connectivity index (χ2v) is 8.87. The summed E-state index contributed by atoms with van der Waals surface area (Å²) in [6.07, 6.45) is 2.08. The molecule has 1 aromatic carbocycles. The number of sulfonamides is 1. The van der Waals surface area contributed by atoms with Crippen molar-refractivity contribution in [3.8, 4) is 0 Å². The Morgan fingerprint density at radius 3 is 2.58 bits per heavy atom. The number of halogens is 1. The molecule has 0 radical (unpaired) electrons. The van der Waals surface area contributed by atoms with Gasteiger partial charge in [0.25, 0.3) is 10.0 Å². The molecule has 0 aliphatic rings.